The van der Waals surface area contributed by atoms with Gasteiger partial charge >= 0.3 is 0 Å². The molecule has 2 N–H and O–H groups in total. The molecule has 2 amide bonds. The Morgan fingerprint density at radius 1 is 1.39 bits per heavy atom. The number of hydrogen-bond donors (Lipinski definition) is 2. The SMILES string of the molecule is CCN1C(=O)COc2ccc(S(=O)(=O)NCCC(=O)NC)cc21. The van der Waals surface area contributed by atoms with E-state index in [1.807, 2.05) is 0 Å². The molecule has 2 rings (SSSR count). The van der Waals surface area contributed by atoms with Gasteiger partial charge in [-0.05, 0) is 25.1 Å². The van der Waals surface area contributed by atoms with Crippen LogP contribution in [0.5, 0.6) is 5.75 Å². The maximum absolute atomic E-state index is 12.3. The minimum absolute atomic E-state index is 0.00792. The minimum atomic E-state index is -3.77. The molecule has 0 saturated heterocycles. The lowest BCUT2D eigenvalue weighted by Gasteiger charge is -2.28. The molecule has 0 fully saturated rings. The van der Waals surface area contributed by atoms with Gasteiger partial charge in [0.1, 0.15) is 5.75 Å². The summed E-state index contributed by atoms with van der Waals surface area (Å²) in [6, 6.07) is 4.33. The van der Waals surface area contributed by atoms with E-state index in [2.05, 4.69) is 10.0 Å². The Hall–Kier alpha value is -2.13. The third-order valence-electron chi connectivity index (χ3n) is 3.42. The molecule has 1 heterocycles. The van der Waals surface area contributed by atoms with Crippen LogP contribution >= 0.6 is 0 Å². The van der Waals surface area contributed by atoms with Crippen molar-refractivity contribution in [3.05, 3.63) is 18.2 Å². The number of nitrogens with zero attached hydrogens (tertiary/aromatic N) is 1. The van der Waals surface area contributed by atoms with Crippen LogP contribution < -0.4 is 19.7 Å². The molecule has 0 saturated carbocycles. The van der Waals surface area contributed by atoms with Crippen LogP contribution in [0.1, 0.15) is 13.3 Å². The fourth-order valence-corrected chi connectivity index (χ4v) is 3.25. The second-order valence-electron chi connectivity index (χ2n) is 4.88. The van der Waals surface area contributed by atoms with Crippen molar-refractivity contribution in [2.24, 2.45) is 0 Å². The predicted molar refractivity (Wildman–Crippen MR) is 83.8 cm³/mol. The summed E-state index contributed by atoms with van der Waals surface area (Å²) in [6.45, 7) is 2.15. The van der Waals surface area contributed by atoms with E-state index >= 15 is 0 Å². The zero-order valence-corrected chi connectivity index (χ0v) is 13.8. The van der Waals surface area contributed by atoms with Crippen LogP contribution in [0.15, 0.2) is 23.1 Å². The van der Waals surface area contributed by atoms with Gasteiger partial charge in [0, 0.05) is 26.6 Å². The molecule has 1 aromatic carbocycles. The molecule has 0 atom stereocenters. The number of anilines is 1. The van der Waals surface area contributed by atoms with Gasteiger partial charge in [0.05, 0.1) is 10.6 Å². The lowest BCUT2D eigenvalue weighted by atomic mass is 10.2. The topological polar surface area (TPSA) is 105 Å². The molecule has 1 aliphatic heterocycles. The van der Waals surface area contributed by atoms with E-state index in [1.54, 1.807) is 6.92 Å². The molecule has 0 radical (unpaired) electrons. The highest BCUT2D eigenvalue weighted by Gasteiger charge is 2.26. The predicted octanol–water partition coefficient (Wildman–Crippen LogP) is -0.154. The first kappa shape index (κ1) is 17.2. The van der Waals surface area contributed by atoms with Gasteiger partial charge in [0.2, 0.25) is 15.9 Å². The maximum atomic E-state index is 12.3. The van der Waals surface area contributed by atoms with Gasteiger partial charge < -0.3 is 15.0 Å². The number of amides is 2. The molecule has 0 aromatic heterocycles. The number of carbonyl (C=O) groups excluding carboxylic acids is 2. The average Bonchev–Trinajstić information content (AvgIpc) is 2.53. The van der Waals surface area contributed by atoms with Gasteiger partial charge in [-0.2, -0.15) is 0 Å². The van der Waals surface area contributed by atoms with E-state index < -0.39 is 10.0 Å². The molecule has 23 heavy (non-hydrogen) atoms. The van der Waals surface area contributed by atoms with Gasteiger partial charge in [-0.1, -0.05) is 0 Å². The average molecular weight is 341 g/mol. The number of sulfonamides is 1. The van der Waals surface area contributed by atoms with Crippen LogP contribution in [0, 0.1) is 0 Å². The third-order valence-corrected chi connectivity index (χ3v) is 4.88. The summed E-state index contributed by atoms with van der Waals surface area (Å²) in [5, 5.41) is 2.42. The van der Waals surface area contributed by atoms with E-state index in [4.69, 9.17) is 4.74 Å². The van der Waals surface area contributed by atoms with Crippen LogP contribution in [-0.4, -0.2) is 47.0 Å². The summed E-state index contributed by atoms with van der Waals surface area (Å²) in [6.07, 6.45) is 0.0450. The molecule has 1 aliphatic rings. The summed E-state index contributed by atoms with van der Waals surface area (Å²) < 4.78 is 32.2. The second-order valence-corrected chi connectivity index (χ2v) is 6.64. The fourth-order valence-electron chi connectivity index (χ4n) is 2.20. The fraction of sp³-hybridized carbons (Fsp3) is 0.429. The Morgan fingerprint density at radius 3 is 2.78 bits per heavy atom. The number of fused-ring (bicyclic) bond motifs is 1. The lowest BCUT2D eigenvalue weighted by Crippen LogP contribution is -2.38. The zero-order chi connectivity index (χ0) is 17.0. The Kier molecular flexibility index (Phi) is 5.22. The largest absolute Gasteiger partial charge is 0.482 e. The van der Waals surface area contributed by atoms with E-state index in [1.165, 1.54) is 30.1 Å². The van der Waals surface area contributed by atoms with Gasteiger partial charge in [-0.15, -0.1) is 0 Å². The Bertz CT molecular complexity index is 717. The van der Waals surface area contributed by atoms with Gasteiger partial charge in [-0.25, -0.2) is 13.1 Å². The van der Waals surface area contributed by atoms with Crippen molar-refractivity contribution in [1.29, 1.82) is 0 Å². The Morgan fingerprint density at radius 2 is 2.13 bits per heavy atom. The second kappa shape index (κ2) is 6.97. The van der Waals surface area contributed by atoms with E-state index in [0.29, 0.717) is 18.0 Å². The van der Waals surface area contributed by atoms with Crippen molar-refractivity contribution in [1.82, 2.24) is 10.0 Å². The van der Waals surface area contributed by atoms with Gasteiger partial charge in [-0.3, -0.25) is 9.59 Å². The van der Waals surface area contributed by atoms with E-state index in [-0.39, 0.29) is 36.3 Å². The number of rotatable bonds is 6. The van der Waals surface area contributed by atoms with Crippen molar-refractivity contribution in [3.63, 3.8) is 0 Å². The zero-order valence-electron chi connectivity index (χ0n) is 13.0. The molecule has 1 aromatic rings. The monoisotopic (exact) mass is 341 g/mol. The lowest BCUT2D eigenvalue weighted by molar-refractivity contribution is -0.121. The third kappa shape index (κ3) is 3.80. The first-order valence-electron chi connectivity index (χ1n) is 7.16. The smallest absolute Gasteiger partial charge is 0.265 e. The molecular formula is C14H19N3O5S. The molecule has 0 aliphatic carbocycles. The van der Waals surface area contributed by atoms with Crippen molar-refractivity contribution in [2.75, 3.05) is 31.6 Å². The summed E-state index contributed by atoms with van der Waals surface area (Å²) in [5.41, 5.74) is 0.429. The van der Waals surface area contributed by atoms with Crippen molar-refractivity contribution < 1.29 is 22.7 Å². The van der Waals surface area contributed by atoms with Crippen LogP contribution in [0.2, 0.25) is 0 Å². The number of likely N-dealkylation sites (N-methyl/N-ethyl adjacent to an activating group) is 1. The highest BCUT2D eigenvalue weighted by molar-refractivity contribution is 7.89. The number of benzene rings is 1. The molecule has 0 bridgehead atoms. The van der Waals surface area contributed by atoms with Crippen LogP contribution in [0.4, 0.5) is 5.69 Å². The number of carbonyl (C=O) groups is 2. The molecule has 8 nitrogen and oxygen atoms in total. The maximum Gasteiger partial charge on any atom is 0.265 e. The van der Waals surface area contributed by atoms with E-state index in [0.717, 1.165) is 0 Å². The number of hydrogen-bond acceptors (Lipinski definition) is 5. The minimum Gasteiger partial charge on any atom is -0.482 e. The highest BCUT2D eigenvalue weighted by atomic mass is 32.2. The van der Waals surface area contributed by atoms with E-state index in [9.17, 15) is 18.0 Å². The first-order valence-corrected chi connectivity index (χ1v) is 8.65. The summed E-state index contributed by atoms with van der Waals surface area (Å²) >= 11 is 0. The Labute approximate surface area is 134 Å². The quantitative estimate of drug-likeness (QED) is 0.748. The summed E-state index contributed by atoms with van der Waals surface area (Å²) in [7, 11) is -2.29. The summed E-state index contributed by atoms with van der Waals surface area (Å²) in [5.74, 6) is -0.00724. The van der Waals surface area contributed by atoms with Crippen LogP contribution in [0.3, 0.4) is 0 Å². The molecule has 126 valence electrons. The standard InChI is InChI=1S/C14H19N3O5S/c1-3-17-11-8-10(4-5-12(11)22-9-14(17)19)23(20,21)16-7-6-13(18)15-2/h4-5,8,16H,3,6-7,9H2,1-2H3,(H,15,18). The first-order chi connectivity index (χ1) is 10.9. The van der Waals surface area contributed by atoms with Crippen molar-refractivity contribution >= 4 is 27.5 Å². The van der Waals surface area contributed by atoms with Gasteiger partial charge in [0.25, 0.3) is 5.91 Å². The number of nitrogens with one attached hydrogen (secondary N) is 2. The molecule has 0 unspecified atom stereocenters. The Balaban J connectivity index is 2.22. The molecule has 0 spiro atoms. The molecule has 9 heteroatoms. The van der Waals surface area contributed by atoms with Gasteiger partial charge in [0.15, 0.2) is 6.61 Å². The van der Waals surface area contributed by atoms with Crippen molar-refractivity contribution in [2.45, 2.75) is 18.2 Å². The highest BCUT2D eigenvalue weighted by Crippen LogP contribution is 2.33. The number of ether oxygens (including phenoxy) is 1. The van der Waals surface area contributed by atoms with Crippen LogP contribution in [-0.2, 0) is 19.6 Å². The normalized spacial score (nSPS) is 14.2. The summed E-state index contributed by atoms with van der Waals surface area (Å²) in [4.78, 5) is 24.5. The molecular weight excluding hydrogens is 322 g/mol. The van der Waals surface area contributed by atoms with Crippen molar-refractivity contribution in [3.8, 4) is 5.75 Å². The van der Waals surface area contributed by atoms with Crippen LogP contribution in [0.25, 0.3) is 0 Å².